The summed E-state index contributed by atoms with van der Waals surface area (Å²) in [6, 6.07) is 2.58. The van der Waals surface area contributed by atoms with Crippen LogP contribution in [0.2, 0.25) is 0 Å². The Labute approximate surface area is 206 Å². The van der Waals surface area contributed by atoms with Crippen LogP contribution in [0.1, 0.15) is 57.8 Å². The number of furan rings is 1. The Morgan fingerprint density at radius 3 is 2.67 bits per heavy atom. The first-order valence-electron chi connectivity index (χ1n) is 10.8. The maximum absolute atomic E-state index is 10.6. The van der Waals surface area contributed by atoms with Gasteiger partial charge in [-0.15, -0.1) is 24.2 Å². The van der Waals surface area contributed by atoms with Crippen LogP contribution in [0.3, 0.4) is 0 Å². The number of nitrogens with zero attached hydrogens (tertiary/aromatic N) is 2. The van der Waals surface area contributed by atoms with Crippen LogP contribution in [0.25, 0.3) is 0 Å². The molecule has 1 aliphatic rings. The quantitative estimate of drug-likeness (QED) is 0.123. The molecule has 0 radical (unpaired) electrons. The molecule has 0 amide bonds. The summed E-state index contributed by atoms with van der Waals surface area (Å²) in [4.78, 5) is 4.40. The van der Waals surface area contributed by atoms with Crippen molar-refractivity contribution in [3.8, 4) is 18.6 Å². The molecule has 1 saturated carbocycles. The highest BCUT2D eigenvalue weighted by atomic mass is 32.2. The van der Waals surface area contributed by atoms with Crippen molar-refractivity contribution in [2.75, 3.05) is 19.5 Å². The van der Waals surface area contributed by atoms with E-state index in [4.69, 9.17) is 14.9 Å². The lowest BCUT2D eigenvalue weighted by atomic mass is 10.1. The van der Waals surface area contributed by atoms with Gasteiger partial charge >= 0.3 is 0 Å². The van der Waals surface area contributed by atoms with Crippen molar-refractivity contribution in [2.45, 2.75) is 63.3 Å². The van der Waals surface area contributed by atoms with Gasteiger partial charge in [-0.05, 0) is 49.4 Å². The van der Waals surface area contributed by atoms with Crippen LogP contribution in [0.15, 0.2) is 43.3 Å². The smallest absolute Gasteiger partial charge is 0.165 e. The molecule has 2 aromatic heterocycles. The molecule has 33 heavy (non-hydrogen) atoms. The summed E-state index contributed by atoms with van der Waals surface area (Å²) < 4.78 is 13.7. The molecule has 0 atom stereocenters. The molecule has 7 nitrogen and oxygen atoms in total. The van der Waals surface area contributed by atoms with Gasteiger partial charge in [-0.25, -0.2) is 4.31 Å². The minimum absolute atomic E-state index is 0.204. The number of rotatable bonds is 10. The SMILES string of the molecule is C#C.CC.CO/C=C(/Nc1csc(SN(C)C2CC2)c1O)C(N)=NCc1cc(C(C)C)co1. The van der Waals surface area contributed by atoms with Crippen LogP contribution in [0.4, 0.5) is 5.69 Å². The summed E-state index contributed by atoms with van der Waals surface area (Å²) in [5.41, 5.74) is 8.33. The van der Waals surface area contributed by atoms with Crippen LogP contribution in [-0.4, -0.2) is 35.4 Å². The average molecular weight is 493 g/mol. The molecule has 2 heterocycles. The summed E-state index contributed by atoms with van der Waals surface area (Å²) in [7, 11) is 3.59. The lowest BCUT2D eigenvalue weighted by Crippen LogP contribution is -2.21. The second kappa shape index (κ2) is 14.6. The molecule has 2 aromatic rings. The van der Waals surface area contributed by atoms with Crippen molar-refractivity contribution in [1.29, 1.82) is 0 Å². The Bertz CT molecular complexity index is 927. The maximum atomic E-state index is 10.6. The summed E-state index contributed by atoms with van der Waals surface area (Å²) in [6.45, 7) is 8.54. The van der Waals surface area contributed by atoms with Gasteiger partial charge in [-0.2, -0.15) is 0 Å². The lowest BCUT2D eigenvalue weighted by molar-refractivity contribution is 0.336. The van der Waals surface area contributed by atoms with E-state index >= 15 is 0 Å². The molecule has 0 spiro atoms. The highest BCUT2D eigenvalue weighted by molar-refractivity contribution is 7.99. The first kappa shape index (κ1) is 28.5. The molecule has 0 unspecified atom stereocenters. The number of aromatic hydroxyl groups is 1. The lowest BCUT2D eigenvalue weighted by Gasteiger charge is -2.13. The third-order valence-corrected chi connectivity index (χ3v) is 6.77. The third-order valence-electron chi connectivity index (χ3n) is 4.55. The van der Waals surface area contributed by atoms with Crippen LogP contribution in [-0.2, 0) is 11.3 Å². The minimum atomic E-state index is 0.204. The molecular formula is C24H36N4O3S2. The van der Waals surface area contributed by atoms with E-state index in [-0.39, 0.29) is 11.6 Å². The summed E-state index contributed by atoms with van der Waals surface area (Å²) in [5, 5.41) is 15.6. The zero-order valence-corrected chi connectivity index (χ0v) is 21.9. The van der Waals surface area contributed by atoms with Crippen LogP contribution >= 0.6 is 23.3 Å². The van der Waals surface area contributed by atoms with Crippen molar-refractivity contribution in [3.63, 3.8) is 0 Å². The fraction of sp³-hybridized carbons (Fsp3) is 0.458. The first-order chi connectivity index (χ1) is 15.9. The number of ether oxygens (including phenoxy) is 1. The van der Waals surface area contributed by atoms with Gasteiger partial charge in [0.1, 0.15) is 27.8 Å². The van der Waals surface area contributed by atoms with Gasteiger partial charge in [0.2, 0.25) is 0 Å². The fourth-order valence-corrected chi connectivity index (χ4v) is 4.68. The Morgan fingerprint density at radius 1 is 1.45 bits per heavy atom. The topological polar surface area (TPSA) is 96.2 Å². The number of methoxy groups -OCH3 is 1. The minimum Gasteiger partial charge on any atom is -0.504 e. The fourth-order valence-electron chi connectivity index (χ4n) is 2.58. The summed E-state index contributed by atoms with van der Waals surface area (Å²) >= 11 is 3.04. The monoisotopic (exact) mass is 492 g/mol. The second-order valence-electron chi connectivity index (χ2n) is 7.25. The zero-order valence-electron chi connectivity index (χ0n) is 20.3. The molecule has 0 saturated heterocycles. The molecule has 1 fully saturated rings. The molecule has 9 heteroatoms. The molecule has 182 valence electrons. The number of hydrogen-bond acceptors (Lipinski definition) is 8. The molecule has 4 N–H and O–H groups in total. The highest BCUT2D eigenvalue weighted by Crippen LogP contribution is 2.45. The van der Waals surface area contributed by atoms with Crippen LogP contribution < -0.4 is 11.1 Å². The number of hydrogen-bond donors (Lipinski definition) is 3. The zero-order chi connectivity index (χ0) is 25.0. The number of nitrogens with two attached hydrogens (primary N) is 1. The maximum Gasteiger partial charge on any atom is 0.165 e. The van der Waals surface area contributed by atoms with Gasteiger partial charge in [0, 0.05) is 11.4 Å². The molecular weight excluding hydrogens is 456 g/mol. The van der Waals surface area contributed by atoms with Crippen molar-refractivity contribution in [3.05, 3.63) is 41.0 Å². The van der Waals surface area contributed by atoms with Crippen molar-refractivity contribution >= 4 is 34.8 Å². The van der Waals surface area contributed by atoms with Crippen LogP contribution in [0, 0.1) is 12.8 Å². The number of thiophene rings is 1. The van der Waals surface area contributed by atoms with Gasteiger partial charge in [-0.3, -0.25) is 4.99 Å². The van der Waals surface area contributed by atoms with Crippen molar-refractivity contribution in [2.24, 2.45) is 10.7 Å². The van der Waals surface area contributed by atoms with Crippen molar-refractivity contribution < 1.29 is 14.3 Å². The molecule has 3 rings (SSSR count). The third kappa shape index (κ3) is 8.72. The van der Waals surface area contributed by atoms with Crippen molar-refractivity contribution in [1.82, 2.24) is 4.31 Å². The molecule has 0 bridgehead atoms. The van der Waals surface area contributed by atoms with E-state index in [1.807, 2.05) is 25.3 Å². The Kier molecular flexibility index (Phi) is 12.6. The van der Waals surface area contributed by atoms with E-state index in [9.17, 15) is 5.11 Å². The van der Waals surface area contributed by atoms with E-state index < -0.39 is 0 Å². The van der Waals surface area contributed by atoms with E-state index in [1.165, 1.54) is 37.6 Å². The number of aliphatic imine (C=N–C) groups is 1. The Morgan fingerprint density at radius 2 is 2.12 bits per heavy atom. The number of anilines is 1. The summed E-state index contributed by atoms with van der Waals surface area (Å²) in [5.74, 6) is 1.61. The van der Waals surface area contributed by atoms with E-state index in [0.717, 1.165) is 15.5 Å². The molecule has 0 aliphatic heterocycles. The number of terminal acetylenes is 1. The Hall–Kier alpha value is -2.54. The Balaban J connectivity index is 0.00000129. The summed E-state index contributed by atoms with van der Waals surface area (Å²) in [6.07, 6.45) is 13.6. The van der Waals surface area contributed by atoms with Gasteiger partial charge in [0.05, 0.1) is 25.6 Å². The van der Waals surface area contributed by atoms with E-state index in [0.29, 0.717) is 29.9 Å². The van der Waals surface area contributed by atoms with Gasteiger partial charge in [0.25, 0.3) is 0 Å². The predicted octanol–water partition coefficient (Wildman–Crippen LogP) is 6.00. The second-order valence-corrected chi connectivity index (χ2v) is 9.55. The number of nitrogens with one attached hydrogen (secondary N) is 1. The first-order valence-corrected chi connectivity index (χ1v) is 12.5. The van der Waals surface area contributed by atoms with E-state index in [2.05, 4.69) is 48.4 Å². The predicted molar refractivity (Wildman–Crippen MR) is 141 cm³/mol. The van der Waals surface area contributed by atoms with Gasteiger partial charge in [-0.1, -0.05) is 27.7 Å². The standard InChI is InChI=1S/C20H28N4O3S2.C2H6.C2H2/c1-12(2)13-7-15(27-9-13)8-22-19(21)16(10-26-4)23-17-11-28-20(18(17)25)29-24(3)14-5-6-14;2*1-2/h7,9-12,14,23,25H,5-6,8H2,1-4H3,(H2,21,22);1-2H3;1-2H/b16-10+;;. The molecule has 1 aliphatic carbocycles. The number of amidine groups is 1. The molecule has 0 aromatic carbocycles. The largest absolute Gasteiger partial charge is 0.504 e. The normalized spacial score (nSPS) is 13.8. The average Bonchev–Trinajstić information content (AvgIpc) is 3.48. The van der Waals surface area contributed by atoms with Gasteiger partial charge < -0.3 is 25.3 Å². The van der Waals surface area contributed by atoms with Gasteiger partial charge in [0.15, 0.2) is 5.75 Å². The highest BCUT2D eigenvalue weighted by Gasteiger charge is 2.28. The van der Waals surface area contributed by atoms with E-state index in [1.54, 1.807) is 18.2 Å². The van der Waals surface area contributed by atoms with Crippen LogP contribution in [0.5, 0.6) is 5.75 Å².